The van der Waals surface area contributed by atoms with Gasteiger partial charge in [-0.25, -0.2) is 4.98 Å². The van der Waals surface area contributed by atoms with Crippen LogP contribution in [0, 0.1) is 6.92 Å². The number of carbonyl (C=O) groups is 1. The van der Waals surface area contributed by atoms with Crippen molar-refractivity contribution in [1.82, 2.24) is 9.97 Å². The number of aromatic nitrogens is 2. The normalized spacial score (nSPS) is 10.2. The number of nitrogens with one attached hydrogen (secondary N) is 2. The summed E-state index contributed by atoms with van der Waals surface area (Å²) in [7, 11) is 0. The van der Waals surface area contributed by atoms with E-state index in [9.17, 15) is 4.79 Å². The molecule has 2 heterocycles. The predicted octanol–water partition coefficient (Wildman–Crippen LogP) is 3.62. The minimum absolute atomic E-state index is 0.203. The first-order valence-corrected chi connectivity index (χ1v) is 7.53. The van der Waals surface area contributed by atoms with Crippen LogP contribution in [0.3, 0.4) is 0 Å². The van der Waals surface area contributed by atoms with Gasteiger partial charge in [0, 0.05) is 17.2 Å². The molecule has 2 rings (SSSR count). The predicted molar refractivity (Wildman–Crippen MR) is 87.6 cm³/mol. The van der Waals surface area contributed by atoms with E-state index in [2.05, 4.69) is 43.5 Å². The standard InChI is InChI=1S/C15H17BrN4O/c1-3-7-18-13-9-17-8-6-11(13)15(21)20-14-5-4-12(16)10(2)19-14/h4-6,8-9,18H,3,7H2,1-2H3,(H,19,20,21). The first-order valence-electron chi connectivity index (χ1n) is 6.74. The fraction of sp³-hybridized carbons (Fsp3) is 0.267. The summed E-state index contributed by atoms with van der Waals surface area (Å²) < 4.78 is 0.912. The van der Waals surface area contributed by atoms with Crippen molar-refractivity contribution in [2.24, 2.45) is 0 Å². The minimum Gasteiger partial charge on any atom is -0.383 e. The third kappa shape index (κ3) is 4.01. The number of hydrogen-bond donors (Lipinski definition) is 2. The number of amides is 1. The fourth-order valence-electron chi connectivity index (χ4n) is 1.79. The number of aryl methyl sites for hydroxylation is 1. The van der Waals surface area contributed by atoms with Gasteiger partial charge >= 0.3 is 0 Å². The average Bonchev–Trinajstić information content (AvgIpc) is 2.49. The molecule has 0 aliphatic heterocycles. The van der Waals surface area contributed by atoms with E-state index in [4.69, 9.17) is 0 Å². The van der Waals surface area contributed by atoms with Gasteiger partial charge in [-0.1, -0.05) is 6.92 Å². The Morgan fingerprint density at radius 1 is 1.33 bits per heavy atom. The van der Waals surface area contributed by atoms with E-state index >= 15 is 0 Å². The van der Waals surface area contributed by atoms with Crippen LogP contribution in [-0.2, 0) is 0 Å². The maximum Gasteiger partial charge on any atom is 0.259 e. The molecule has 0 bridgehead atoms. The van der Waals surface area contributed by atoms with Crippen LogP contribution in [0.15, 0.2) is 35.1 Å². The Balaban J connectivity index is 2.18. The Kier molecular flexibility index (Phi) is 5.27. The van der Waals surface area contributed by atoms with E-state index in [1.54, 1.807) is 24.5 Å². The molecular weight excluding hydrogens is 332 g/mol. The molecule has 2 aromatic heterocycles. The van der Waals surface area contributed by atoms with Crippen LogP contribution in [0.4, 0.5) is 11.5 Å². The summed E-state index contributed by atoms with van der Waals surface area (Å²) in [6.07, 6.45) is 4.24. The van der Waals surface area contributed by atoms with Gasteiger partial charge < -0.3 is 10.6 Å². The third-order valence-electron chi connectivity index (χ3n) is 2.89. The number of nitrogens with zero attached hydrogens (tertiary/aromatic N) is 2. The highest BCUT2D eigenvalue weighted by molar-refractivity contribution is 9.10. The molecule has 0 spiro atoms. The molecule has 1 amide bonds. The topological polar surface area (TPSA) is 66.9 Å². The Hall–Kier alpha value is -1.95. The molecule has 0 unspecified atom stereocenters. The van der Waals surface area contributed by atoms with Crippen molar-refractivity contribution in [2.45, 2.75) is 20.3 Å². The third-order valence-corrected chi connectivity index (χ3v) is 3.73. The van der Waals surface area contributed by atoms with Crippen molar-refractivity contribution in [2.75, 3.05) is 17.2 Å². The second-order valence-corrected chi connectivity index (χ2v) is 5.42. The number of halogens is 1. The summed E-state index contributed by atoms with van der Waals surface area (Å²) >= 11 is 3.39. The lowest BCUT2D eigenvalue weighted by Crippen LogP contribution is -2.16. The summed E-state index contributed by atoms with van der Waals surface area (Å²) in [4.78, 5) is 20.7. The van der Waals surface area contributed by atoms with Crippen molar-refractivity contribution in [3.05, 3.63) is 46.3 Å². The van der Waals surface area contributed by atoms with Crippen molar-refractivity contribution in [1.29, 1.82) is 0 Å². The summed E-state index contributed by atoms with van der Waals surface area (Å²) in [5.74, 6) is 0.323. The maximum atomic E-state index is 12.4. The van der Waals surface area contributed by atoms with Gasteiger partial charge in [0.1, 0.15) is 5.82 Å². The van der Waals surface area contributed by atoms with Crippen molar-refractivity contribution < 1.29 is 4.79 Å². The summed E-state index contributed by atoms with van der Waals surface area (Å²) in [6, 6.07) is 5.31. The first kappa shape index (κ1) is 15.4. The molecule has 0 aliphatic carbocycles. The van der Waals surface area contributed by atoms with Crippen LogP contribution in [-0.4, -0.2) is 22.4 Å². The van der Waals surface area contributed by atoms with Crippen molar-refractivity contribution in [3.8, 4) is 0 Å². The second-order valence-electron chi connectivity index (χ2n) is 4.57. The minimum atomic E-state index is -0.203. The largest absolute Gasteiger partial charge is 0.383 e. The zero-order valence-corrected chi connectivity index (χ0v) is 13.6. The number of carbonyl (C=O) groups excluding carboxylic acids is 1. The van der Waals surface area contributed by atoms with E-state index < -0.39 is 0 Å². The van der Waals surface area contributed by atoms with Gasteiger partial charge in [-0.2, -0.15) is 0 Å². The second kappa shape index (κ2) is 7.17. The molecule has 0 saturated heterocycles. The molecule has 0 radical (unpaired) electrons. The molecule has 0 saturated carbocycles. The van der Waals surface area contributed by atoms with Crippen LogP contribution >= 0.6 is 15.9 Å². The van der Waals surface area contributed by atoms with E-state index in [0.29, 0.717) is 11.4 Å². The van der Waals surface area contributed by atoms with Crippen molar-refractivity contribution in [3.63, 3.8) is 0 Å². The fourth-order valence-corrected chi connectivity index (χ4v) is 2.01. The Morgan fingerprint density at radius 3 is 2.86 bits per heavy atom. The Labute approximate surface area is 132 Å². The highest BCUT2D eigenvalue weighted by Crippen LogP contribution is 2.18. The van der Waals surface area contributed by atoms with Gasteiger partial charge in [-0.05, 0) is 47.5 Å². The first-order chi connectivity index (χ1) is 10.1. The Morgan fingerprint density at radius 2 is 2.14 bits per heavy atom. The lowest BCUT2D eigenvalue weighted by Gasteiger charge is -2.11. The van der Waals surface area contributed by atoms with Crippen LogP contribution in [0.5, 0.6) is 0 Å². The number of hydrogen-bond acceptors (Lipinski definition) is 4. The van der Waals surface area contributed by atoms with Gasteiger partial charge in [0.05, 0.1) is 23.1 Å². The monoisotopic (exact) mass is 348 g/mol. The Bertz CT molecular complexity index is 645. The smallest absolute Gasteiger partial charge is 0.259 e. The molecule has 6 heteroatoms. The SMILES string of the molecule is CCCNc1cnccc1C(=O)Nc1ccc(Br)c(C)n1. The quantitative estimate of drug-likeness (QED) is 0.865. The average molecular weight is 349 g/mol. The highest BCUT2D eigenvalue weighted by atomic mass is 79.9. The van der Waals surface area contributed by atoms with Crippen LogP contribution < -0.4 is 10.6 Å². The molecule has 5 nitrogen and oxygen atoms in total. The van der Waals surface area contributed by atoms with E-state index in [-0.39, 0.29) is 5.91 Å². The maximum absolute atomic E-state index is 12.4. The summed E-state index contributed by atoms with van der Waals surface area (Å²) in [5, 5.41) is 6.00. The number of anilines is 2. The zero-order chi connectivity index (χ0) is 15.2. The van der Waals surface area contributed by atoms with Gasteiger partial charge in [0.15, 0.2) is 0 Å². The van der Waals surface area contributed by atoms with Gasteiger partial charge in [-0.15, -0.1) is 0 Å². The van der Waals surface area contributed by atoms with Crippen LogP contribution in [0.2, 0.25) is 0 Å². The molecule has 0 atom stereocenters. The van der Waals surface area contributed by atoms with Crippen LogP contribution in [0.1, 0.15) is 29.4 Å². The van der Waals surface area contributed by atoms with E-state index in [1.807, 2.05) is 13.0 Å². The lowest BCUT2D eigenvalue weighted by atomic mass is 10.2. The zero-order valence-electron chi connectivity index (χ0n) is 12.0. The van der Waals surface area contributed by atoms with Gasteiger partial charge in [0.2, 0.25) is 0 Å². The molecule has 2 aromatic rings. The molecular formula is C15H17BrN4O. The molecule has 21 heavy (non-hydrogen) atoms. The molecule has 110 valence electrons. The van der Waals surface area contributed by atoms with Crippen LogP contribution in [0.25, 0.3) is 0 Å². The van der Waals surface area contributed by atoms with E-state index in [0.717, 1.165) is 28.8 Å². The molecule has 0 aliphatic rings. The number of pyridine rings is 2. The van der Waals surface area contributed by atoms with Gasteiger partial charge in [-0.3, -0.25) is 9.78 Å². The van der Waals surface area contributed by atoms with Gasteiger partial charge in [0.25, 0.3) is 5.91 Å². The van der Waals surface area contributed by atoms with E-state index in [1.165, 1.54) is 0 Å². The highest BCUT2D eigenvalue weighted by Gasteiger charge is 2.12. The molecule has 2 N–H and O–H groups in total. The summed E-state index contributed by atoms with van der Waals surface area (Å²) in [5.41, 5.74) is 2.11. The number of rotatable bonds is 5. The molecule has 0 aromatic carbocycles. The van der Waals surface area contributed by atoms with Crippen molar-refractivity contribution >= 4 is 33.3 Å². The molecule has 0 fully saturated rings. The lowest BCUT2D eigenvalue weighted by molar-refractivity contribution is 0.102. The summed E-state index contributed by atoms with van der Waals surface area (Å²) in [6.45, 7) is 4.74.